The van der Waals surface area contributed by atoms with E-state index in [4.69, 9.17) is 16.7 Å². The molecule has 0 spiro atoms. The summed E-state index contributed by atoms with van der Waals surface area (Å²) in [6, 6.07) is 5.87. The minimum Gasteiger partial charge on any atom is -0.478 e. The second-order valence-corrected chi connectivity index (χ2v) is 4.98. The van der Waals surface area contributed by atoms with E-state index in [9.17, 15) is 13.6 Å². The summed E-state index contributed by atoms with van der Waals surface area (Å²) in [7, 11) is 0. The van der Waals surface area contributed by atoms with E-state index in [2.05, 4.69) is 4.98 Å². The van der Waals surface area contributed by atoms with Gasteiger partial charge in [-0.15, -0.1) is 0 Å². The second-order valence-electron chi connectivity index (χ2n) is 3.50. The van der Waals surface area contributed by atoms with Gasteiger partial charge in [0, 0.05) is 4.90 Å². The number of carbonyl (C=O) groups is 1. The molecule has 0 bridgehead atoms. The third-order valence-corrected chi connectivity index (χ3v) is 3.23. The molecule has 0 saturated carbocycles. The first kappa shape index (κ1) is 13.8. The molecule has 3 nitrogen and oxygen atoms in total. The van der Waals surface area contributed by atoms with Crippen LogP contribution in [0.15, 0.2) is 40.3 Å². The number of benzene rings is 1. The maximum absolute atomic E-state index is 13.0. The van der Waals surface area contributed by atoms with Gasteiger partial charge in [-0.25, -0.2) is 18.6 Å². The Morgan fingerprint density at radius 1 is 1.21 bits per heavy atom. The summed E-state index contributed by atoms with van der Waals surface area (Å²) in [5.41, 5.74) is -0.0231. The SMILES string of the molecule is O=C(O)c1cc(Cl)nc(Sc2ccc(F)c(F)c2)c1. The van der Waals surface area contributed by atoms with Crippen molar-refractivity contribution in [1.82, 2.24) is 4.98 Å². The van der Waals surface area contributed by atoms with Crippen molar-refractivity contribution in [1.29, 1.82) is 0 Å². The quantitative estimate of drug-likeness (QED) is 0.875. The average Bonchev–Trinajstić information content (AvgIpc) is 2.33. The van der Waals surface area contributed by atoms with Crippen LogP contribution in [-0.2, 0) is 0 Å². The molecule has 98 valence electrons. The fourth-order valence-corrected chi connectivity index (χ4v) is 2.44. The van der Waals surface area contributed by atoms with Crippen LogP contribution in [0, 0.1) is 11.6 Å². The van der Waals surface area contributed by atoms with Gasteiger partial charge in [-0.05, 0) is 30.3 Å². The number of rotatable bonds is 3. The Kier molecular flexibility index (Phi) is 4.01. The summed E-state index contributed by atoms with van der Waals surface area (Å²) in [4.78, 5) is 15.2. The number of hydrogen-bond donors (Lipinski definition) is 1. The summed E-state index contributed by atoms with van der Waals surface area (Å²) >= 11 is 6.69. The second kappa shape index (κ2) is 5.54. The minimum atomic E-state index is -1.14. The molecule has 0 radical (unpaired) electrons. The topological polar surface area (TPSA) is 50.2 Å². The zero-order valence-electron chi connectivity index (χ0n) is 9.23. The number of aromatic carboxylic acids is 1. The molecule has 1 heterocycles. The number of pyridine rings is 1. The van der Waals surface area contributed by atoms with E-state index < -0.39 is 17.6 Å². The number of carboxylic acids is 1. The van der Waals surface area contributed by atoms with Crippen molar-refractivity contribution in [3.8, 4) is 0 Å². The molecule has 0 saturated heterocycles. The van der Waals surface area contributed by atoms with Crippen LogP contribution in [0.2, 0.25) is 5.15 Å². The monoisotopic (exact) mass is 301 g/mol. The molecule has 1 aromatic heterocycles. The highest BCUT2D eigenvalue weighted by Gasteiger charge is 2.10. The molecule has 0 unspecified atom stereocenters. The molecule has 0 aliphatic heterocycles. The molecule has 0 atom stereocenters. The van der Waals surface area contributed by atoms with Gasteiger partial charge in [-0.3, -0.25) is 0 Å². The predicted molar refractivity (Wildman–Crippen MR) is 66.7 cm³/mol. The van der Waals surface area contributed by atoms with Gasteiger partial charge < -0.3 is 5.11 Å². The standard InChI is InChI=1S/C12H6ClF2NO2S/c13-10-3-6(12(17)18)4-11(16-10)19-7-1-2-8(14)9(15)5-7/h1-5H,(H,17,18). The van der Waals surface area contributed by atoms with Crippen LogP contribution >= 0.6 is 23.4 Å². The van der Waals surface area contributed by atoms with Gasteiger partial charge in [0.05, 0.1) is 5.56 Å². The summed E-state index contributed by atoms with van der Waals surface area (Å²) in [5.74, 6) is -3.07. The first-order valence-corrected chi connectivity index (χ1v) is 6.19. The van der Waals surface area contributed by atoms with Crippen LogP contribution < -0.4 is 0 Å². The Balaban J connectivity index is 2.32. The summed E-state index contributed by atoms with van der Waals surface area (Å²) in [6.07, 6.45) is 0. The van der Waals surface area contributed by atoms with E-state index in [0.29, 0.717) is 4.90 Å². The van der Waals surface area contributed by atoms with Gasteiger partial charge in [0.15, 0.2) is 11.6 Å². The van der Waals surface area contributed by atoms with Crippen molar-refractivity contribution in [2.75, 3.05) is 0 Å². The summed E-state index contributed by atoms with van der Waals surface area (Å²) in [6.45, 7) is 0. The van der Waals surface area contributed by atoms with Crippen LogP contribution in [-0.4, -0.2) is 16.1 Å². The number of nitrogens with zero attached hydrogens (tertiary/aromatic N) is 1. The molecule has 0 aliphatic rings. The Morgan fingerprint density at radius 2 is 1.95 bits per heavy atom. The molecule has 19 heavy (non-hydrogen) atoms. The predicted octanol–water partition coefficient (Wildman–Crippen LogP) is 3.86. The van der Waals surface area contributed by atoms with Crippen LogP contribution in [0.1, 0.15) is 10.4 Å². The lowest BCUT2D eigenvalue weighted by Gasteiger charge is -2.04. The number of hydrogen-bond acceptors (Lipinski definition) is 3. The zero-order chi connectivity index (χ0) is 14.0. The zero-order valence-corrected chi connectivity index (χ0v) is 10.8. The summed E-state index contributed by atoms with van der Waals surface area (Å²) < 4.78 is 25.8. The number of aromatic nitrogens is 1. The van der Waals surface area contributed by atoms with Crippen molar-refractivity contribution < 1.29 is 18.7 Å². The maximum Gasteiger partial charge on any atom is 0.335 e. The molecule has 7 heteroatoms. The highest BCUT2D eigenvalue weighted by atomic mass is 35.5. The first-order valence-electron chi connectivity index (χ1n) is 4.99. The third kappa shape index (κ3) is 3.42. The Morgan fingerprint density at radius 3 is 2.58 bits per heavy atom. The van der Waals surface area contributed by atoms with Crippen LogP contribution in [0.5, 0.6) is 0 Å². The molecule has 0 amide bonds. The van der Waals surface area contributed by atoms with Gasteiger partial charge in [-0.2, -0.15) is 0 Å². The van der Waals surface area contributed by atoms with Crippen molar-refractivity contribution in [3.63, 3.8) is 0 Å². The molecule has 1 aromatic carbocycles. The minimum absolute atomic E-state index is 0.0185. The lowest BCUT2D eigenvalue weighted by Crippen LogP contribution is -1.97. The van der Waals surface area contributed by atoms with E-state index in [1.54, 1.807) is 0 Å². The lowest BCUT2D eigenvalue weighted by molar-refractivity contribution is 0.0696. The van der Waals surface area contributed by atoms with E-state index in [1.165, 1.54) is 18.2 Å². The van der Waals surface area contributed by atoms with Gasteiger partial charge in [0.1, 0.15) is 10.2 Å². The Bertz CT molecular complexity index is 652. The third-order valence-electron chi connectivity index (χ3n) is 2.13. The van der Waals surface area contributed by atoms with Gasteiger partial charge in [0.25, 0.3) is 0 Å². The molecular weight excluding hydrogens is 296 g/mol. The lowest BCUT2D eigenvalue weighted by atomic mass is 10.3. The fraction of sp³-hybridized carbons (Fsp3) is 0. The van der Waals surface area contributed by atoms with Gasteiger partial charge in [-0.1, -0.05) is 23.4 Å². The van der Waals surface area contributed by atoms with Crippen molar-refractivity contribution in [3.05, 3.63) is 52.7 Å². The number of halogens is 3. The van der Waals surface area contributed by atoms with Crippen LogP contribution in [0.3, 0.4) is 0 Å². The van der Waals surface area contributed by atoms with E-state index in [-0.39, 0.29) is 15.7 Å². The first-order chi connectivity index (χ1) is 8.95. The largest absolute Gasteiger partial charge is 0.478 e. The van der Waals surface area contributed by atoms with Crippen molar-refractivity contribution in [2.45, 2.75) is 9.92 Å². The van der Waals surface area contributed by atoms with Crippen LogP contribution in [0.25, 0.3) is 0 Å². The molecule has 0 fully saturated rings. The maximum atomic E-state index is 13.0. The highest BCUT2D eigenvalue weighted by Crippen LogP contribution is 2.29. The molecule has 1 N–H and O–H groups in total. The Hall–Kier alpha value is -1.66. The van der Waals surface area contributed by atoms with E-state index in [0.717, 1.165) is 23.9 Å². The fourth-order valence-electron chi connectivity index (χ4n) is 1.31. The van der Waals surface area contributed by atoms with Gasteiger partial charge in [0.2, 0.25) is 0 Å². The summed E-state index contributed by atoms with van der Waals surface area (Å²) in [5, 5.41) is 9.18. The molecule has 2 aromatic rings. The normalized spacial score (nSPS) is 10.5. The van der Waals surface area contributed by atoms with Gasteiger partial charge >= 0.3 is 5.97 Å². The smallest absolute Gasteiger partial charge is 0.335 e. The van der Waals surface area contributed by atoms with Crippen molar-refractivity contribution >= 4 is 29.3 Å². The molecular formula is C12H6ClF2NO2S. The van der Waals surface area contributed by atoms with E-state index >= 15 is 0 Å². The average molecular weight is 302 g/mol. The number of carboxylic acid groups (broad SMARTS) is 1. The highest BCUT2D eigenvalue weighted by molar-refractivity contribution is 7.99. The molecule has 0 aliphatic carbocycles. The van der Waals surface area contributed by atoms with Crippen molar-refractivity contribution in [2.24, 2.45) is 0 Å². The van der Waals surface area contributed by atoms with Crippen LogP contribution in [0.4, 0.5) is 8.78 Å². The Labute approximate surface area is 116 Å². The van der Waals surface area contributed by atoms with E-state index in [1.807, 2.05) is 0 Å². The molecule has 2 rings (SSSR count).